The van der Waals surface area contributed by atoms with Gasteiger partial charge in [-0.3, -0.25) is 4.98 Å². The number of hydrogen-bond acceptors (Lipinski definition) is 3. The lowest BCUT2D eigenvalue weighted by molar-refractivity contribution is 0.669. The monoisotopic (exact) mass is 424 g/mol. The molecule has 0 fully saturated rings. The van der Waals surface area contributed by atoms with Gasteiger partial charge < -0.3 is 9.73 Å². The molecule has 2 bridgehead atoms. The van der Waals surface area contributed by atoms with Crippen LogP contribution in [0.4, 0.5) is 11.4 Å². The summed E-state index contributed by atoms with van der Waals surface area (Å²) in [6.45, 7) is 2.22. The van der Waals surface area contributed by atoms with Crippen LogP contribution in [0.5, 0.6) is 0 Å². The van der Waals surface area contributed by atoms with E-state index < -0.39 is 0 Å². The van der Waals surface area contributed by atoms with Gasteiger partial charge >= 0.3 is 0 Å². The molecule has 3 nitrogen and oxygen atoms in total. The summed E-state index contributed by atoms with van der Waals surface area (Å²) in [7, 11) is 0. The third kappa shape index (κ3) is 2.66. The van der Waals surface area contributed by atoms with E-state index in [2.05, 4.69) is 84.0 Å². The van der Waals surface area contributed by atoms with E-state index in [-0.39, 0.29) is 0 Å². The van der Waals surface area contributed by atoms with Gasteiger partial charge in [0.15, 0.2) is 0 Å². The Kier molecular flexibility index (Phi) is 3.76. The highest BCUT2D eigenvalue weighted by molar-refractivity contribution is 6.17. The van der Waals surface area contributed by atoms with Gasteiger partial charge in [0.2, 0.25) is 0 Å². The third-order valence-electron chi connectivity index (χ3n) is 6.69. The molecular weight excluding hydrogens is 404 g/mol. The summed E-state index contributed by atoms with van der Waals surface area (Å²) in [6, 6.07) is 31.6. The van der Waals surface area contributed by atoms with Crippen LogP contribution in [-0.2, 0) is 0 Å². The number of aromatic nitrogens is 1. The largest absolute Gasteiger partial charge is 0.456 e. The van der Waals surface area contributed by atoms with E-state index in [4.69, 9.17) is 4.42 Å². The third-order valence-corrected chi connectivity index (χ3v) is 6.69. The van der Waals surface area contributed by atoms with E-state index in [1.165, 1.54) is 27.8 Å². The van der Waals surface area contributed by atoms with Crippen molar-refractivity contribution in [1.29, 1.82) is 0 Å². The van der Waals surface area contributed by atoms with Gasteiger partial charge in [0.05, 0.1) is 5.69 Å². The van der Waals surface area contributed by atoms with Gasteiger partial charge in [-0.15, -0.1) is 0 Å². The van der Waals surface area contributed by atoms with E-state index in [9.17, 15) is 0 Å². The molecule has 0 amide bonds. The first kappa shape index (κ1) is 18.2. The van der Waals surface area contributed by atoms with Gasteiger partial charge in [0, 0.05) is 45.0 Å². The highest BCUT2D eigenvalue weighted by Crippen LogP contribution is 2.48. The van der Waals surface area contributed by atoms with Crippen LogP contribution in [0.1, 0.15) is 5.56 Å². The van der Waals surface area contributed by atoms with Gasteiger partial charge in [0.1, 0.15) is 11.2 Å². The second kappa shape index (κ2) is 6.81. The molecule has 0 spiro atoms. The fourth-order valence-electron chi connectivity index (χ4n) is 5.11. The van der Waals surface area contributed by atoms with Crippen molar-refractivity contribution >= 4 is 33.3 Å². The van der Waals surface area contributed by atoms with E-state index in [0.717, 1.165) is 44.6 Å². The van der Waals surface area contributed by atoms with Gasteiger partial charge in [-0.2, -0.15) is 0 Å². The van der Waals surface area contributed by atoms with E-state index in [0.29, 0.717) is 0 Å². The summed E-state index contributed by atoms with van der Waals surface area (Å²) in [6.07, 6.45) is 1.84. The minimum absolute atomic E-state index is 0.910. The van der Waals surface area contributed by atoms with Gasteiger partial charge in [-0.1, -0.05) is 48.5 Å². The Morgan fingerprint density at radius 1 is 0.697 bits per heavy atom. The molecular formula is C30H20N2O. The van der Waals surface area contributed by atoms with Crippen molar-refractivity contribution in [2.24, 2.45) is 0 Å². The number of furan rings is 1. The van der Waals surface area contributed by atoms with Crippen molar-refractivity contribution in [3.8, 4) is 33.5 Å². The minimum atomic E-state index is 0.910. The molecule has 0 radical (unpaired) electrons. The highest BCUT2D eigenvalue weighted by Gasteiger charge is 2.23. The molecule has 33 heavy (non-hydrogen) atoms. The zero-order valence-corrected chi connectivity index (χ0v) is 18.1. The summed E-state index contributed by atoms with van der Waals surface area (Å²) in [5, 5.41) is 6.04. The molecule has 7 rings (SSSR count). The number of nitrogens with zero attached hydrogens (tertiary/aromatic N) is 1. The van der Waals surface area contributed by atoms with E-state index >= 15 is 0 Å². The maximum Gasteiger partial charge on any atom is 0.136 e. The number of fused-ring (bicyclic) bond motifs is 10. The molecule has 0 saturated heterocycles. The lowest BCUT2D eigenvalue weighted by Crippen LogP contribution is -2.02. The maximum atomic E-state index is 6.20. The Hall–Kier alpha value is -4.37. The van der Waals surface area contributed by atoms with Crippen molar-refractivity contribution in [3.63, 3.8) is 0 Å². The topological polar surface area (TPSA) is 38.1 Å². The first-order valence-electron chi connectivity index (χ1n) is 11.1. The van der Waals surface area contributed by atoms with Gasteiger partial charge in [-0.05, 0) is 66.1 Å². The molecule has 1 N–H and O–H groups in total. The number of pyridine rings is 1. The van der Waals surface area contributed by atoms with Crippen molar-refractivity contribution in [1.82, 2.24) is 4.98 Å². The van der Waals surface area contributed by atoms with Crippen LogP contribution in [0.3, 0.4) is 0 Å². The predicted octanol–water partition coefficient (Wildman–Crippen LogP) is 8.35. The number of anilines is 2. The van der Waals surface area contributed by atoms with Crippen molar-refractivity contribution in [3.05, 3.63) is 103 Å². The predicted molar refractivity (Wildman–Crippen MR) is 136 cm³/mol. The van der Waals surface area contributed by atoms with Crippen LogP contribution in [-0.4, -0.2) is 4.98 Å². The first-order chi connectivity index (χ1) is 16.3. The Balaban J connectivity index is 1.55. The fourth-order valence-corrected chi connectivity index (χ4v) is 5.11. The molecule has 0 saturated carbocycles. The van der Waals surface area contributed by atoms with Crippen LogP contribution in [0.15, 0.2) is 102 Å². The average Bonchev–Trinajstić information content (AvgIpc) is 3.24. The summed E-state index contributed by atoms with van der Waals surface area (Å²) in [4.78, 5) is 4.56. The molecule has 2 aromatic heterocycles. The SMILES string of the molecule is Cc1c2cccc1-c1c(ccc3oc4ccccc4c13)Nc1ccc(-c3ccccn3)cc1-2. The number of para-hydroxylation sites is 1. The van der Waals surface area contributed by atoms with Gasteiger partial charge in [0.25, 0.3) is 0 Å². The second-order valence-electron chi connectivity index (χ2n) is 8.54. The molecule has 0 atom stereocenters. The Bertz CT molecular complexity index is 1700. The van der Waals surface area contributed by atoms with Crippen LogP contribution < -0.4 is 5.32 Å². The summed E-state index contributed by atoms with van der Waals surface area (Å²) in [5.41, 5.74) is 12.2. The normalized spacial score (nSPS) is 12.0. The Morgan fingerprint density at radius 3 is 2.45 bits per heavy atom. The molecule has 4 aromatic carbocycles. The molecule has 3 heteroatoms. The summed E-state index contributed by atoms with van der Waals surface area (Å²) < 4.78 is 6.20. The highest BCUT2D eigenvalue weighted by atomic mass is 16.3. The number of benzene rings is 4. The summed E-state index contributed by atoms with van der Waals surface area (Å²) in [5.74, 6) is 0. The fraction of sp³-hybridized carbons (Fsp3) is 0.0333. The molecule has 1 aliphatic rings. The molecule has 3 heterocycles. The lowest BCUT2D eigenvalue weighted by atomic mass is 9.87. The average molecular weight is 425 g/mol. The van der Waals surface area contributed by atoms with Crippen LogP contribution >= 0.6 is 0 Å². The number of hydrogen-bond donors (Lipinski definition) is 1. The van der Waals surface area contributed by atoms with E-state index in [1.54, 1.807) is 0 Å². The summed E-state index contributed by atoms with van der Waals surface area (Å²) >= 11 is 0. The zero-order chi connectivity index (χ0) is 21.9. The number of rotatable bonds is 1. The standard InChI is InChI=1S/C30H20N2O/c1-18-20-8-6-9-21(18)29-26(14-15-28-30(29)22-7-2-3-11-27(22)33-28)32-25-13-12-19(17-23(20)25)24-10-4-5-16-31-24/h2-17,32H,1H3. The molecule has 1 aliphatic heterocycles. The molecule has 0 aliphatic carbocycles. The molecule has 0 unspecified atom stereocenters. The zero-order valence-electron chi connectivity index (χ0n) is 18.1. The molecule has 6 aromatic rings. The van der Waals surface area contributed by atoms with Crippen molar-refractivity contribution < 1.29 is 4.42 Å². The maximum absolute atomic E-state index is 6.20. The molecule has 156 valence electrons. The Morgan fingerprint density at radius 2 is 1.55 bits per heavy atom. The minimum Gasteiger partial charge on any atom is -0.456 e. The number of nitrogens with one attached hydrogen (secondary N) is 1. The first-order valence-corrected chi connectivity index (χ1v) is 11.1. The smallest absolute Gasteiger partial charge is 0.136 e. The van der Waals surface area contributed by atoms with Crippen LogP contribution in [0.2, 0.25) is 0 Å². The van der Waals surface area contributed by atoms with Crippen LogP contribution in [0, 0.1) is 6.92 Å². The Labute approximate surface area is 191 Å². The van der Waals surface area contributed by atoms with Crippen molar-refractivity contribution in [2.75, 3.05) is 5.32 Å². The second-order valence-corrected chi connectivity index (χ2v) is 8.54. The van der Waals surface area contributed by atoms with Crippen LogP contribution in [0.25, 0.3) is 55.4 Å². The quantitative estimate of drug-likeness (QED) is 0.288. The van der Waals surface area contributed by atoms with Gasteiger partial charge in [-0.25, -0.2) is 0 Å². The van der Waals surface area contributed by atoms with E-state index in [1.807, 2.05) is 30.5 Å². The van der Waals surface area contributed by atoms with Crippen molar-refractivity contribution in [2.45, 2.75) is 6.92 Å². The lowest BCUT2D eigenvalue weighted by Gasteiger charge is -2.23.